The van der Waals surface area contributed by atoms with Gasteiger partial charge in [-0.25, -0.2) is 4.39 Å². The van der Waals surface area contributed by atoms with Gasteiger partial charge in [0.15, 0.2) is 11.6 Å². The third-order valence-corrected chi connectivity index (χ3v) is 2.96. The number of carbonyl (C=O) groups is 1. The third kappa shape index (κ3) is 2.98. The van der Waals surface area contributed by atoms with E-state index in [1.807, 2.05) is 0 Å². The fourth-order valence-corrected chi connectivity index (χ4v) is 1.60. The molecule has 0 spiro atoms. The number of rotatable bonds is 4. The zero-order valence-corrected chi connectivity index (χ0v) is 10.3. The van der Waals surface area contributed by atoms with Gasteiger partial charge in [0.1, 0.15) is 0 Å². The molecule has 5 heteroatoms. The Morgan fingerprint density at radius 3 is 2.78 bits per heavy atom. The van der Waals surface area contributed by atoms with Crippen LogP contribution in [-0.4, -0.2) is 18.1 Å². The van der Waals surface area contributed by atoms with Crippen LogP contribution in [0.3, 0.4) is 0 Å². The Kier molecular flexibility index (Phi) is 3.81. The predicted octanol–water partition coefficient (Wildman–Crippen LogP) is 2.04. The standard InChI is InChI=1S/C13H17FN2O2/c1-8(15)13(17)16-9-5-6-12(11(14)7-9)18-10-3-2-4-10/h5-8,10H,2-4,15H2,1H3,(H,16,17)/t8-/m1/s1. The summed E-state index contributed by atoms with van der Waals surface area (Å²) in [4.78, 5) is 11.4. The molecule has 1 aromatic rings. The first-order valence-electron chi connectivity index (χ1n) is 6.09. The van der Waals surface area contributed by atoms with Crippen LogP contribution in [0.2, 0.25) is 0 Å². The summed E-state index contributed by atoms with van der Waals surface area (Å²) in [7, 11) is 0. The van der Waals surface area contributed by atoms with Crippen molar-refractivity contribution in [3.05, 3.63) is 24.0 Å². The molecule has 1 aromatic carbocycles. The van der Waals surface area contributed by atoms with Crippen molar-refractivity contribution in [3.63, 3.8) is 0 Å². The Hall–Kier alpha value is -1.62. The maximum atomic E-state index is 13.7. The molecule has 1 amide bonds. The molecule has 98 valence electrons. The first-order chi connectivity index (χ1) is 8.56. The molecule has 0 unspecified atom stereocenters. The summed E-state index contributed by atoms with van der Waals surface area (Å²) >= 11 is 0. The topological polar surface area (TPSA) is 64.4 Å². The van der Waals surface area contributed by atoms with Crippen LogP contribution in [0, 0.1) is 5.82 Å². The maximum Gasteiger partial charge on any atom is 0.241 e. The molecule has 0 radical (unpaired) electrons. The lowest BCUT2D eigenvalue weighted by atomic mass is 9.96. The van der Waals surface area contributed by atoms with E-state index in [2.05, 4.69) is 5.32 Å². The molecule has 1 atom stereocenters. The average Bonchev–Trinajstić information content (AvgIpc) is 2.25. The van der Waals surface area contributed by atoms with Gasteiger partial charge in [0, 0.05) is 11.8 Å². The highest BCUT2D eigenvalue weighted by Crippen LogP contribution is 2.28. The number of amides is 1. The van der Waals surface area contributed by atoms with E-state index in [0.717, 1.165) is 19.3 Å². The van der Waals surface area contributed by atoms with Crippen molar-refractivity contribution in [2.75, 3.05) is 5.32 Å². The van der Waals surface area contributed by atoms with Gasteiger partial charge >= 0.3 is 0 Å². The van der Waals surface area contributed by atoms with Crippen LogP contribution >= 0.6 is 0 Å². The second kappa shape index (κ2) is 5.35. The van der Waals surface area contributed by atoms with Gasteiger partial charge in [-0.05, 0) is 38.3 Å². The number of halogens is 1. The van der Waals surface area contributed by atoms with Gasteiger partial charge in [0.25, 0.3) is 0 Å². The zero-order chi connectivity index (χ0) is 13.1. The molecule has 2 rings (SSSR count). The molecule has 0 heterocycles. The van der Waals surface area contributed by atoms with Gasteiger partial charge in [-0.1, -0.05) is 0 Å². The number of anilines is 1. The number of carbonyl (C=O) groups excluding carboxylic acids is 1. The van der Waals surface area contributed by atoms with E-state index in [-0.39, 0.29) is 17.8 Å². The molecular weight excluding hydrogens is 235 g/mol. The lowest BCUT2D eigenvalue weighted by Crippen LogP contribution is -2.32. The smallest absolute Gasteiger partial charge is 0.241 e. The average molecular weight is 252 g/mol. The van der Waals surface area contributed by atoms with Crippen LogP contribution < -0.4 is 15.8 Å². The molecule has 1 aliphatic carbocycles. The largest absolute Gasteiger partial charge is 0.487 e. The van der Waals surface area contributed by atoms with E-state index in [1.165, 1.54) is 12.1 Å². The predicted molar refractivity (Wildman–Crippen MR) is 66.9 cm³/mol. The summed E-state index contributed by atoms with van der Waals surface area (Å²) in [6, 6.07) is 3.76. The Morgan fingerprint density at radius 2 is 2.28 bits per heavy atom. The maximum absolute atomic E-state index is 13.7. The fraction of sp³-hybridized carbons (Fsp3) is 0.462. The molecule has 1 fully saturated rings. The minimum absolute atomic E-state index is 0.129. The lowest BCUT2D eigenvalue weighted by molar-refractivity contribution is -0.117. The van der Waals surface area contributed by atoms with Crippen molar-refractivity contribution < 1.29 is 13.9 Å². The summed E-state index contributed by atoms with van der Waals surface area (Å²) in [6.07, 6.45) is 3.21. The molecule has 3 N–H and O–H groups in total. The summed E-state index contributed by atoms with van der Waals surface area (Å²) in [5, 5.41) is 2.53. The molecule has 1 saturated carbocycles. The SMILES string of the molecule is C[C@@H](N)C(=O)Nc1ccc(OC2CCC2)c(F)c1. The quantitative estimate of drug-likeness (QED) is 0.862. The zero-order valence-electron chi connectivity index (χ0n) is 10.3. The van der Waals surface area contributed by atoms with Gasteiger partial charge < -0.3 is 15.8 Å². The number of hydrogen-bond acceptors (Lipinski definition) is 3. The summed E-state index contributed by atoms with van der Waals surface area (Å²) < 4.78 is 19.2. The van der Waals surface area contributed by atoms with Crippen molar-refractivity contribution >= 4 is 11.6 Å². The lowest BCUT2D eigenvalue weighted by Gasteiger charge is -2.26. The molecular formula is C13H17FN2O2. The molecule has 4 nitrogen and oxygen atoms in total. The second-order valence-corrected chi connectivity index (χ2v) is 4.59. The number of hydrogen-bond donors (Lipinski definition) is 2. The minimum atomic E-state index is -0.626. The monoisotopic (exact) mass is 252 g/mol. The van der Waals surface area contributed by atoms with E-state index in [1.54, 1.807) is 13.0 Å². The Bertz CT molecular complexity index is 445. The van der Waals surface area contributed by atoms with Gasteiger partial charge in [-0.15, -0.1) is 0 Å². The number of ether oxygens (including phenoxy) is 1. The molecule has 0 aromatic heterocycles. The van der Waals surface area contributed by atoms with E-state index in [9.17, 15) is 9.18 Å². The number of nitrogens with two attached hydrogens (primary N) is 1. The molecule has 18 heavy (non-hydrogen) atoms. The van der Waals surface area contributed by atoms with Gasteiger partial charge in [-0.3, -0.25) is 4.79 Å². The van der Waals surface area contributed by atoms with Crippen LogP contribution in [0.5, 0.6) is 5.75 Å². The Balaban J connectivity index is 2.02. The summed E-state index contributed by atoms with van der Waals surface area (Å²) in [5.41, 5.74) is 5.80. The van der Waals surface area contributed by atoms with E-state index >= 15 is 0 Å². The minimum Gasteiger partial charge on any atom is -0.487 e. The van der Waals surface area contributed by atoms with Gasteiger partial charge in [0.05, 0.1) is 12.1 Å². The van der Waals surface area contributed by atoms with Crippen molar-refractivity contribution in [2.45, 2.75) is 38.3 Å². The van der Waals surface area contributed by atoms with E-state index in [4.69, 9.17) is 10.5 Å². The van der Waals surface area contributed by atoms with Gasteiger partial charge in [-0.2, -0.15) is 0 Å². The highest BCUT2D eigenvalue weighted by molar-refractivity contribution is 5.94. The van der Waals surface area contributed by atoms with Crippen molar-refractivity contribution in [2.24, 2.45) is 5.73 Å². The number of benzene rings is 1. The van der Waals surface area contributed by atoms with E-state index in [0.29, 0.717) is 5.69 Å². The molecule has 0 saturated heterocycles. The van der Waals surface area contributed by atoms with Crippen LogP contribution in [0.1, 0.15) is 26.2 Å². The Morgan fingerprint density at radius 1 is 1.56 bits per heavy atom. The molecule has 1 aliphatic rings. The summed E-state index contributed by atoms with van der Waals surface area (Å²) in [5.74, 6) is -0.579. The highest BCUT2D eigenvalue weighted by Gasteiger charge is 2.20. The van der Waals surface area contributed by atoms with Crippen LogP contribution in [-0.2, 0) is 4.79 Å². The normalized spacial score (nSPS) is 16.8. The highest BCUT2D eigenvalue weighted by atomic mass is 19.1. The van der Waals surface area contributed by atoms with Crippen molar-refractivity contribution in [1.82, 2.24) is 0 Å². The van der Waals surface area contributed by atoms with Gasteiger partial charge in [0.2, 0.25) is 5.91 Å². The molecule has 0 bridgehead atoms. The third-order valence-electron chi connectivity index (χ3n) is 2.96. The van der Waals surface area contributed by atoms with Crippen molar-refractivity contribution in [3.8, 4) is 5.75 Å². The summed E-state index contributed by atoms with van der Waals surface area (Å²) in [6.45, 7) is 1.57. The van der Waals surface area contributed by atoms with Crippen LogP contribution in [0.15, 0.2) is 18.2 Å². The van der Waals surface area contributed by atoms with Crippen molar-refractivity contribution in [1.29, 1.82) is 0 Å². The van der Waals surface area contributed by atoms with Crippen LogP contribution in [0.4, 0.5) is 10.1 Å². The number of nitrogens with one attached hydrogen (secondary N) is 1. The Labute approximate surface area is 105 Å². The fourth-order valence-electron chi connectivity index (χ4n) is 1.60. The first kappa shape index (κ1) is 12.8. The van der Waals surface area contributed by atoms with E-state index < -0.39 is 11.9 Å². The second-order valence-electron chi connectivity index (χ2n) is 4.59. The first-order valence-corrected chi connectivity index (χ1v) is 6.09. The van der Waals surface area contributed by atoms with Crippen LogP contribution in [0.25, 0.3) is 0 Å². The molecule has 0 aliphatic heterocycles.